The van der Waals surface area contributed by atoms with Crippen molar-refractivity contribution in [3.05, 3.63) is 35.9 Å². The van der Waals surface area contributed by atoms with Gasteiger partial charge in [-0.3, -0.25) is 0 Å². The van der Waals surface area contributed by atoms with E-state index in [1.807, 2.05) is 0 Å². The van der Waals surface area contributed by atoms with Crippen molar-refractivity contribution in [3.8, 4) is 0 Å². The van der Waals surface area contributed by atoms with Gasteiger partial charge in [0.2, 0.25) is 0 Å². The fourth-order valence-electron chi connectivity index (χ4n) is 2.78. The van der Waals surface area contributed by atoms with Crippen LogP contribution in [0.5, 0.6) is 0 Å². The molecule has 0 saturated heterocycles. The molecule has 1 heteroatoms. The molecule has 0 nitrogen and oxygen atoms in total. The maximum atomic E-state index is 3.68. The molecular weight excluding hydrogens is 260 g/mol. The number of rotatable bonds is 5. The van der Waals surface area contributed by atoms with E-state index in [9.17, 15) is 0 Å². The summed E-state index contributed by atoms with van der Waals surface area (Å²) in [6.07, 6.45) is 2.76. The molecule has 0 N–H and O–H groups in total. The predicted molar refractivity (Wildman–Crippen MR) is 74.0 cm³/mol. The maximum Gasteiger partial charge on any atom is 0.00626 e. The summed E-state index contributed by atoms with van der Waals surface area (Å²) >= 11 is 3.68. The zero-order valence-electron chi connectivity index (χ0n) is 10.2. The molecule has 0 aromatic heterocycles. The first-order valence-corrected chi connectivity index (χ1v) is 7.45. The first kappa shape index (κ1) is 12.2. The predicted octanol–water partition coefficient (Wildman–Crippen LogP) is 4.85. The molecule has 0 radical (unpaired) electrons. The van der Waals surface area contributed by atoms with Crippen LogP contribution in [0.4, 0.5) is 0 Å². The van der Waals surface area contributed by atoms with Gasteiger partial charge < -0.3 is 0 Å². The second-order valence-corrected chi connectivity index (χ2v) is 6.11. The third-order valence-corrected chi connectivity index (χ3v) is 4.48. The lowest BCUT2D eigenvalue weighted by molar-refractivity contribution is 0.400. The number of hydrogen-bond donors (Lipinski definition) is 0. The number of hydrogen-bond acceptors (Lipinski definition) is 0. The highest BCUT2D eigenvalue weighted by atomic mass is 79.9. The molecule has 3 unspecified atom stereocenters. The van der Waals surface area contributed by atoms with Crippen LogP contribution in [-0.4, -0.2) is 5.33 Å². The first-order chi connectivity index (χ1) is 7.72. The summed E-state index contributed by atoms with van der Waals surface area (Å²) in [5, 5.41) is 1.17. The van der Waals surface area contributed by atoms with Gasteiger partial charge in [0.1, 0.15) is 0 Å². The molecule has 1 aromatic rings. The van der Waals surface area contributed by atoms with Gasteiger partial charge in [-0.2, -0.15) is 0 Å². The Bertz CT molecular complexity index is 317. The van der Waals surface area contributed by atoms with E-state index in [1.165, 1.54) is 18.2 Å². The van der Waals surface area contributed by atoms with E-state index in [4.69, 9.17) is 0 Å². The van der Waals surface area contributed by atoms with Crippen LogP contribution in [0.1, 0.15) is 38.2 Å². The van der Waals surface area contributed by atoms with Crippen LogP contribution in [0.25, 0.3) is 0 Å². The normalized spacial score (nSPS) is 25.8. The van der Waals surface area contributed by atoms with Crippen molar-refractivity contribution in [2.24, 2.45) is 17.8 Å². The van der Waals surface area contributed by atoms with E-state index in [0.29, 0.717) is 0 Å². The standard InChI is InChI=1S/C15H21Br/c1-11(2)8-13(10-16)15-9-14(15)12-6-4-3-5-7-12/h3-7,11,13-15H,8-10H2,1-2H3. The SMILES string of the molecule is CC(C)CC(CBr)C1CC1c1ccccc1. The lowest BCUT2D eigenvalue weighted by atomic mass is 9.92. The Morgan fingerprint density at radius 2 is 1.94 bits per heavy atom. The zero-order chi connectivity index (χ0) is 11.5. The number of alkyl halides is 1. The molecule has 0 heterocycles. The molecule has 0 spiro atoms. The molecule has 2 rings (SSSR count). The minimum Gasteiger partial charge on any atom is -0.0925 e. The van der Waals surface area contributed by atoms with Gasteiger partial charge in [0, 0.05) is 5.33 Å². The molecule has 0 amide bonds. The molecular formula is C15H21Br. The van der Waals surface area contributed by atoms with Gasteiger partial charge in [-0.15, -0.1) is 0 Å². The molecule has 1 aliphatic carbocycles. The lowest BCUT2D eigenvalue weighted by Crippen LogP contribution is -2.09. The molecule has 0 bridgehead atoms. The van der Waals surface area contributed by atoms with Crippen LogP contribution < -0.4 is 0 Å². The Morgan fingerprint density at radius 3 is 2.50 bits per heavy atom. The van der Waals surface area contributed by atoms with Gasteiger partial charge >= 0.3 is 0 Å². The van der Waals surface area contributed by atoms with Crippen molar-refractivity contribution in [1.82, 2.24) is 0 Å². The zero-order valence-corrected chi connectivity index (χ0v) is 11.8. The fraction of sp³-hybridized carbons (Fsp3) is 0.600. The highest BCUT2D eigenvalue weighted by Crippen LogP contribution is 2.53. The largest absolute Gasteiger partial charge is 0.0925 e. The summed E-state index contributed by atoms with van der Waals surface area (Å²) in [6.45, 7) is 4.66. The highest BCUT2D eigenvalue weighted by Gasteiger charge is 2.42. The summed E-state index contributed by atoms with van der Waals surface area (Å²) in [6, 6.07) is 11.0. The monoisotopic (exact) mass is 280 g/mol. The summed E-state index contributed by atoms with van der Waals surface area (Å²) in [5.74, 6) is 3.44. The average Bonchev–Trinajstić information content (AvgIpc) is 3.07. The summed E-state index contributed by atoms with van der Waals surface area (Å²) < 4.78 is 0. The Labute approximate surface area is 108 Å². The van der Waals surface area contributed by atoms with E-state index in [1.54, 1.807) is 5.56 Å². The minimum absolute atomic E-state index is 0.819. The van der Waals surface area contributed by atoms with Crippen molar-refractivity contribution in [1.29, 1.82) is 0 Å². The molecule has 1 aliphatic rings. The summed E-state index contributed by atoms with van der Waals surface area (Å²) in [5.41, 5.74) is 1.54. The van der Waals surface area contributed by atoms with E-state index >= 15 is 0 Å². The Kier molecular flexibility index (Phi) is 4.07. The average molecular weight is 281 g/mol. The third kappa shape index (κ3) is 2.88. The minimum atomic E-state index is 0.819. The van der Waals surface area contributed by atoms with Crippen LogP contribution in [0.15, 0.2) is 30.3 Å². The lowest BCUT2D eigenvalue weighted by Gasteiger charge is -2.16. The first-order valence-electron chi connectivity index (χ1n) is 6.33. The van der Waals surface area contributed by atoms with Crippen LogP contribution in [0.2, 0.25) is 0 Å². The quantitative estimate of drug-likeness (QED) is 0.677. The van der Waals surface area contributed by atoms with Gasteiger partial charge in [-0.05, 0) is 42.1 Å². The molecule has 88 valence electrons. The maximum absolute atomic E-state index is 3.68. The molecule has 3 atom stereocenters. The van der Waals surface area contributed by atoms with Crippen LogP contribution in [0.3, 0.4) is 0 Å². The molecule has 1 aromatic carbocycles. The molecule has 1 fully saturated rings. The molecule has 16 heavy (non-hydrogen) atoms. The van der Waals surface area contributed by atoms with Crippen molar-refractivity contribution < 1.29 is 0 Å². The smallest absolute Gasteiger partial charge is 0.00626 e. The second-order valence-electron chi connectivity index (χ2n) is 5.46. The van der Waals surface area contributed by atoms with Gasteiger partial charge in [0.25, 0.3) is 0 Å². The van der Waals surface area contributed by atoms with Crippen molar-refractivity contribution in [2.75, 3.05) is 5.33 Å². The van der Waals surface area contributed by atoms with Crippen LogP contribution in [0, 0.1) is 17.8 Å². The highest BCUT2D eigenvalue weighted by molar-refractivity contribution is 9.09. The fourth-order valence-corrected chi connectivity index (χ4v) is 3.52. The van der Waals surface area contributed by atoms with Crippen molar-refractivity contribution in [3.63, 3.8) is 0 Å². The molecule has 0 aliphatic heterocycles. The van der Waals surface area contributed by atoms with E-state index in [2.05, 4.69) is 60.1 Å². The van der Waals surface area contributed by atoms with Gasteiger partial charge in [-0.1, -0.05) is 60.1 Å². The number of benzene rings is 1. The Morgan fingerprint density at radius 1 is 1.25 bits per heavy atom. The van der Waals surface area contributed by atoms with E-state index in [0.717, 1.165) is 23.7 Å². The van der Waals surface area contributed by atoms with Crippen molar-refractivity contribution >= 4 is 15.9 Å². The Hall–Kier alpha value is -0.300. The van der Waals surface area contributed by atoms with E-state index < -0.39 is 0 Å². The summed E-state index contributed by atoms with van der Waals surface area (Å²) in [4.78, 5) is 0. The second kappa shape index (κ2) is 5.35. The molecule has 1 saturated carbocycles. The van der Waals surface area contributed by atoms with Crippen LogP contribution >= 0.6 is 15.9 Å². The van der Waals surface area contributed by atoms with Gasteiger partial charge in [0.15, 0.2) is 0 Å². The van der Waals surface area contributed by atoms with Gasteiger partial charge in [0.05, 0.1) is 0 Å². The number of halogens is 1. The topological polar surface area (TPSA) is 0 Å². The van der Waals surface area contributed by atoms with Gasteiger partial charge in [-0.25, -0.2) is 0 Å². The van der Waals surface area contributed by atoms with E-state index in [-0.39, 0.29) is 0 Å². The van der Waals surface area contributed by atoms with Crippen molar-refractivity contribution in [2.45, 2.75) is 32.6 Å². The Balaban J connectivity index is 1.94. The third-order valence-electron chi connectivity index (χ3n) is 3.65. The summed E-state index contributed by atoms with van der Waals surface area (Å²) in [7, 11) is 0. The van der Waals surface area contributed by atoms with Crippen LogP contribution in [-0.2, 0) is 0 Å².